The minimum Gasteiger partial charge on any atom is -0.463 e. The molecule has 0 fully saturated rings. The first kappa shape index (κ1) is 18.6. The first-order valence-electron chi connectivity index (χ1n) is 8.73. The van der Waals surface area contributed by atoms with Gasteiger partial charge in [-0.05, 0) is 36.4 Å². The molecular formula is C22H15F3N2O2. The largest absolute Gasteiger partial charge is 0.463 e. The number of nitrogens with zero attached hydrogens (tertiary/aromatic N) is 2. The summed E-state index contributed by atoms with van der Waals surface area (Å²) in [7, 11) is 0. The smallest absolute Gasteiger partial charge is 0.431 e. The van der Waals surface area contributed by atoms with E-state index < -0.39 is 17.8 Å². The summed E-state index contributed by atoms with van der Waals surface area (Å²) < 4.78 is 41.0. The highest BCUT2D eigenvalue weighted by Gasteiger charge is 2.31. The molecule has 0 saturated carbocycles. The van der Waals surface area contributed by atoms with Crippen molar-refractivity contribution in [2.75, 3.05) is 5.01 Å². The van der Waals surface area contributed by atoms with E-state index in [1.54, 1.807) is 60.7 Å². The Labute approximate surface area is 164 Å². The molecule has 1 heterocycles. The third-order valence-corrected chi connectivity index (χ3v) is 4.55. The van der Waals surface area contributed by atoms with Crippen LogP contribution in [0.3, 0.4) is 0 Å². The van der Waals surface area contributed by atoms with Crippen molar-refractivity contribution in [1.29, 1.82) is 0 Å². The molecule has 4 rings (SSSR count). The summed E-state index contributed by atoms with van der Waals surface area (Å²) in [5, 5.41) is 11.3. The molecule has 1 aromatic heterocycles. The highest BCUT2D eigenvalue weighted by atomic mass is 19.4. The van der Waals surface area contributed by atoms with Crippen LogP contribution < -0.4 is 5.01 Å². The molecule has 29 heavy (non-hydrogen) atoms. The minimum atomic E-state index is -4.49. The maximum atomic E-state index is 13.2. The zero-order chi connectivity index (χ0) is 20.6. The Morgan fingerprint density at radius 1 is 0.862 bits per heavy atom. The lowest BCUT2D eigenvalue weighted by Crippen LogP contribution is -2.35. The lowest BCUT2D eigenvalue weighted by atomic mass is 10.1. The van der Waals surface area contributed by atoms with E-state index in [0.29, 0.717) is 27.8 Å². The van der Waals surface area contributed by atoms with Gasteiger partial charge in [0.1, 0.15) is 0 Å². The van der Waals surface area contributed by atoms with Gasteiger partial charge in [-0.1, -0.05) is 48.5 Å². The predicted octanol–water partition coefficient (Wildman–Crippen LogP) is 6.27. The van der Waals surface area contributed by atoms with Crippen LogP contribution in [0.5, 0.6) is 0 Å². The number of amides is 1. The number of carboxylic acid groups (broad SMARTS) is 1. The molecule has 3 aromatic carbocycles. The van der Waals surface area contributed by atoms with Crippen molar-refractivity contribution in [2.45, 2.75) is 6.18 Å². The first-order chi connectivity index (χ1) is 13.9. The average Bonchev–Trinajstić information content (AvgIpc) is 3.07. The van der Waals surface area contributed by atoms with Crippen LogP contribution in [0.25, 0.3) is 22.2 Å². The number of carbonyl (C=O) groups is 1. The molecule has 0 aliphatic heterocycles. The number of benzene rings is 3. The number of anilines is 1. The normalized spacial score (nSPS) is 11.6. The van der Waals surface area contributed by atoms with Crippen LogP contribution in [0.4, 0.5) is 23.7 Å². The fourth-order valence-corrected chi connectivity index (χ4v) is 3.29. The van der Waals surface area contributed by atoms with Gasteiger partial charge < -0.3 is 5.11 Å². The molecule has 146 valence electrons. The lowest BCUT2D eigenvalue weighted by Gasteiger charge is -2.24. The molecule has 0 bridgehead atoms. The van der Waals surface area contributed by atoms with Crippen molar-refractivity contribution < 1.29 is 23.1 Å². The Hall–Kier alpha value is -3.74. The van der Waals surface area contributed by atoms with Gasteiger partial charge in [-0.2, -0.15) is 18.2 Å². The number of alkyl halides is 3. The second kappa shape index (κ2) is 7.01. The van der Waals surface area contributed by atoms with Gasteiger partial charge in [0.25, 0.3) is 0 Å². The zero-order valence-electron chi connectivity index (χ0n) is 15.0. The molecule has 1 amide bonds. The molecule has 0 unspecified atom stereocenters. The number of halogens is 3. The van der Waals surface area contributed by atoms with Crippen LogP contribution in [0.15, 0.2) is 84.9 Å². The third-order valence-electron chi connectivity index (χ3n) is 4.55. The fraction of sp³-hybridized carbons (Fsp3) is 0.0455. The van der Waals surface area contributed by atoms with Crippen LogP contribution >= 0.6 is 0 Å². The SMILES string of the molecule is O=C(O)N(c1ccccc1)n1c(-c2ccccc2)cc2cc(C(F)(F)F)ccc21. The lowest BCUT2D eigenvalue weighted by molar-refractivity contribution is -0.137. The van der Waals surface area contributed by atoms with Crippen molar-refractivity contribution in [2.24, 2.45) is 0 Å². The Bertz CT molecular complexity index is 1170. The van der Waals surface area contributed by atoms with E-state index in [9.17, 15) is 23.1 Å². The van der Waals surface area contributed by atoms with Gasteiger partial charge in [0.05, 0.1) is 22.5 Å². The van der Waals surface area contributed by atoms with Crippen molar-refractivity contribution in [3.63, 3.8) is 0 Å². The molecule has 0 saturated heterocycles. The highest BCUT2D eigenvalue weighted by molar-refractivity contribution is 5.94. The second-order valence-corrected chi connectivity index (χ2v) is 6.41. The number of hydrogen-bond acceptors (Lipinski definition) is 1. The summed E-state index contributed by atoms with van der Waals surface area (Å²) in [5.74, 6) is 0. The summed E-state index contributed by atoms with van der Waals surface area (Å²) in [4.78, 5) is 12.2. The molecule has 0 spiro atoms. The average molecular weight is 396 g/mol. The van der Waals surface area contributed by atoms with Crippen LogP contribution in [0.2, 0.25) is 0 Å². The number of rotatable bonds is 3. The topological polar surface area (TPSA) is 45.5 Å². The fourth-order valence-electron chi connectivity index (χ4n) is 3.29. The van der Waals surface area contributed by atoms with E-state index >= 15 is 0 Å². The van der Waals surface area contributed by atoms with Gasteiger partial charge in [-0.25, -0.2) is 9.47 Å². The molecule has 4 nitrogen and oxygen atoms in total. The van der Waals surface area contributed by atoms with Crippen molar-refractivity contribution >= 4 is 22.7 Å². The number of fused-ring (bicyclic) bond motifs is 1. The molecule has 1 N–H and O–H groups in total. The maximum absolute atomic E-state index is 13.2. The first-order valence-corrected chi connectivity index (χ1v) is 8.73. The highest BCUT2D eigenvalue weighted by Crippen LogP contribution is 2.36. The summed E-state index contributed by atoms with van der Waals surface area (Å²) in [5.41, 5.74) is 1.08. The Morgan fingerprint density at radius 3 is 2.07 bits per heavy atom. The summed E-state index contributed by atoms with van der Waals surface area (Å²) >= 11 is 0. The molecular weight excluding hydrogens is 381 g/mol. The van der Waals surface area contributed by atoms with Gasteiger partial charge in [-0.3, -0.25) is 0 Å². The maximum Gasteiger partial charge on any atom is 0.431 e. The van der Waals surface area contributed by atoms with E-state index in [4.69, 9.17) is 0 Å². The van der Waals surface area contributed by atoms with E-state index in [-0.39, 0.29) is 0 Å². The molecule has 0 aliphatic carbocycles. The summed E-state index contributed by atoms with van der Waals surface area (Å²) in [6.07, 6.45) is -5.75. The van der Waals surface area contributed by atoms with Crippen LogP contribution in [-0.2, 0) is 6.18 Å². The number of aromatic nitrogens is 1. The summed E-state index contributed by atoms with van der Waals surface area (Å²) in [6, 6.07) is 22.2. The van der Waals surface area contributed by atoms with E-state index in [1.165, 1.54) is 10.7 Å². The second-order valence-electron chi connectivity index (χ2n) is 6.41. The molecule has 0 aliphatic rings. The van der Waals surface area contributed by atoms with Gasteiger partial charge >= 0.3 is 12.3 Å². The standard InChI is InChI=1S/C22H15F3N2O2/c23-22(24,25)17-11-12-19-16(13-17)14-20(15-7-3-1-4-8-15)27(19)26(21(28)29)18-9-5-2-6-10-18/h1-14H,(H,28,29). The van der Waals surface area contributed by atoms with Crippen LogP contribution in [0, 0.1) is 0 Å². The molecule has 4 aromatic rings. The number of hydrogen-bond donors (Lipinski definition) is 1. The zero-order valence-corrected chi connectivity index (χ0v) is 15.0. The van der Waals surface area contributed by atoms with E-state index in [1.807, 2.05) is 6.07 Å². The van der Waals surface area contributed by atoms with Gasteiger partial charge in [-0.15, -0.1) is 0 Å². The minimum absolute atomic E-state index is 0.292. The van der Waals surface area contributed by atoms with E-state index in [0.717, 1.165) is 17.1 Å². The van der Waals surface area contributed by atoms with Crippen LogP contribution in [-0.4, -0.2) is 15.9 Å². The van der Waals surface area contributed by atoms with Crippen molar-refractivity contribution in [1.82, 2.24) is 4.68 Å². The molecule has 0 atom stereocenters. The molecule has 0 radical (unpaired) electrons. The van der Waals surface area contributed by atoms with Gasteiger partial charge in [0.2, 0.25) is 0 Å². The van der Waals surface area contributed by atoms with Crippen LogP contribution in [0.1, 0.15) is 5.56 Å². The predicted molar refractivity (Wildman–Crippen MR) is 105 cm³/mol. The van der Waals surface area contributed by atoms with Crippen molar-refractivity contribution in [3.8, 4) is 11.3 Å². The van der Waals surface area contributed by atoms with Crippen molar-refractivity contribution in [3.05, 3.63) is 90.5 Å². The Morgan fingerprint density at radius 2 is 1.48 bits per heavy atom. The monoisotopic (exact) mass is 396 g/mol. The molecule has 7 heteroatoms. The van der Waals surface area contributed by atoms with Gasteiger partial charge in [0, 0.05) is 10.9 Å². The quantitative estimate of drug-likeness (QED) is 0.443. The third kappa shape index (κ3) is 3.42. The Balaban J connectivity index is 2.03. The number of para-hydroxylation sites is 1. The Kier molecular flexibility index (Phi) is 4.50. The van der Waals surface area contributed by atoms with E-state index in [2.05, 4.69) is 0 Å². The summed E-state index contributed by atoms with van der Waals surface area (Å²) in [6.45, 7) is 0. The van der Waals surface area contributed by atoms with Gasteiger partial charge in [0.15, 0.2) is 0 Å².